The van der Waals surface area contributed by atoms with E-state index in [2.05, 4.69) is 11.4 Å². The lowest BCUT2D eigenvalue weighted by atomic mass is 10.1. The van der Waals surface area contributed by atoms with Gasteiger partial charge in [-0.1, -0.05) is 25.1 Å². The number of carbonyl (C=O) groups excluding carboxylic acids is 1. The van der Waals surface area contributed by atoms with Crippen molar-refractivity contribution in [1.29, 1.82) is 0 Å². The van der Waals surface area contributed by atoms with Gasteiger partial charge in [0, 0.05) is 23.2 Å². The maximum atomic E-state index is 11.6. The molecule has 2 aromatic rings. The quantitative estimate of drug-likeness (QED) is 0.856. The van der Waals surface area contributed by atoms with Gasteiger partial charge in [0.1, 0.15) is 12.4 Å². The van der Waals surface area contributed by atoms with E-state index in [0.29, 0.717) is 13.0 Å². The van der Waals surface area contributed by atoms with Gasteiger partial charge in [0.2, 0.25) is 0 Å². The Labute approximate surface area is 118 Å². The van der Waals surface area contributed by atoms with Crippen LogP contribution in [0.5, 0.6) is 5.75 Å². The summed E-state index contributed by atoms with van der Waals surface area (Å²) in [5.74, 6) is 1.12. The Balaban J connectivity index is 1.75. The summed E-state index contributed by atoms with van der Waals surface area (Å²) in [5.41, 5.74) is 2.95. The summed E-state index contributed by atoms with van der Waals surface area (Å²) >= 11 is 0. The summed E-state index contributed by atoms with van der Waals surface area (Å²) in [4.78, 5) is 11.6. The number of anilines is 1. The van der Waals surface area contributed by atoms with Crippen molar-refractivity contribution in [1.82, 2.24) is 0 Å². The first-order valence-electron chi connectivity index (χ1n) is 6.89. The number of ketones is 1. The molecule has 0 amide bonds. The Morgan fingerprint density at radius 2 is 1.95 bits per heavy atom. The fraction of sp³-hybridized carbons (Fsp3) is 0.235. The Hall–Kier alpha value is -2.29. The average molecular weight is 267 g/mol. The van der Waals surface area contributed by atoms with Crippen LogP contribution in [0.25, 0.3) is 0 Å². The van der Waals surface area contributed by atoms with Gasteiger partial charge in [0.05, 0.1) is 6.04 Å². The molecule has 1 aliphatic heterocycles. The molecule has 0 saturated carbocycles. The fourth-order valence-electron chi connectivity index (χ4n) is 2.44. The summed E-state index contributed by atoms with van der Waals surface area (Å²) in [6.07, 6.45) is 0.538. The highest BCUT2D eigenvalue weighted by Crippen LogP contribution is 2.34. The molecule has 0 bridgehead atoms. The molecule has 0 aliphatic carbocycles. The molecular weight excluding hydrogens is 250 g/mol. The van der Waals surface area contributed by atoms with Crippen molar-refractivity contribution in [2.45, 2.75) is 19.4 Å². The molecule has 0 fully saturated rings. The van der Waals surface area contributed by atoms with E-state index < -0.39 is 0 Å². The molecule has 3 heteroatoms. The third-order valence-electron chi connectivity index (χ3n) is 3.57. The van der Waals surface area contributed by atoms with Gasteiger partial charge in [0.15, 0.2) is 5.78 Å². The summed E-state index contributed by atoms with van der Waals surface area (Å²) in [6, 6.07) is 15.9. The number of nitrogens with one attached hydrogen (secondary N) is 1. The van der Waals surface area contributed by atoms with Crippen LogP contribution >= 0.6 is 0 Å². The number of Topliss-reactive ketones (excluding diaryl/α,β-unsaturated/α-hetero) is 1. The zero-order valence-corrected chi connectivity index (χ0v) is 11.4. The van der Waals surface area contributed by atoms with Crippen molar-refractivity contribution < 1.29 is 9.53 Å². The van der Waals surface area contributed by atoms with Gasteiger partial charge in [-0.05, 0) is 30.3 Å². The van der Waals surface area contributed by atoms with E-state index >= 15 is 0 Å². The first-order chi connectivity index (χ1) is 9.78. The lowest BCUT2D eigenvalue weighted by Crippen LogP contribution is -2.12. The predicted octanol–water partition coefficient (Wildman–Crippen LogP) is 3.82. The minimum Gasteiger partial charge on any atom is -0.491 e. The number of ether oxygens (including phenoxy) is 1. The van der Waals surface area contributed by atoms with E-state index in [1.807, 2.05) is 49.4 Å². The Morgan fingerprint density at radius 1 is 1.20 bits per heavy atom. The van der Waals surface area contributed by atoms with Gasteiger partial charge < -0.3 is 10.1 Å². The van der Waals surface area contributed by atoms with Crippen LogP contribution in [-0.4, -0.2) is 12.4 Å². The highest BCUT2D eigenvalue weighted by molar-refractivity contribution is 5.96. The summed E-state index contributed by atoms with van der Waals surface area (Å²) in [7, 11) is 0. The fourth-order valence-corrected chi connectivity index (χ4v) is 2.44. The van der Waals surface area contributed by atoms with Crippen molar-refractivity contribution in [3.63, 3.8) is 0 Å². The molecule has 2 aromatic carbocycles. The Bertz CT molecular complexity index is 619. The summed E-state index contributed by atoms with van der Waals surface area (Å²) in [6.45, 7) is 2.51. The molecule has 0 spiro atoms. The van der Waals surface area contributed by atoms with Crippen LogP contribution in [0.3, 0.4) is 0 Å². The third-order valence-corrected chi connectivity index (χ3v) is 3.57. The van der Waals surface area contributed by atoms with Crippen molar-refractivity contribution in [3.8, 4) is 5.75 Å². The predicted molar refractivity (Wildman–Crippen MR) is 79.4 cm³/mol. The Morgan fingerprint density at radius 3 is 2.70 bits per heavy atom. The van der Waals surface area contributed by atoms with E-state index in [9.17, 15) is 4.79 Å². The van der Waals surface area contributed by atoms with Crippen LogP contribution in [0.2, 0.25) is 0 Å². The molecule has 1 atom stereocenters. The molecule has 1 N–H and O–H groups in total. The topological polar surface area (TPSA) is 38.3 Å². The zero-order valence-electron chi connectivity index (χ0n) is 11.4. The first-order valence-corrected chi connectivity index (χ1v) is 6.89. The Kier molecular flexibility index (Phi) is 3.42. The lowest BCUT2D eigenvalue weighted by Gasteiger charge is -2.13. The van der Waals surface area contributed by atoms with Gasteiger partial charge in [-0.3, -0.25) is 4.79 Å². The molecule has 0 aromatic heterocycles. The van der Waals surface area contributed by atoms with Gasteiger partial charge >= 0.3 is 0 Å². The molecule has 3 rings (SSSR count). The largest absolute Gasteiger partial charge is 0.491 e. The van der Waals surface area contributed by atoms with Gasteiger partial charge in [-0.25, -0.2) is 0 Å². The van der Waals surface area contributed by atoms with Crippen LogP contribution in [0.15, 0.2) is 48.5 Å². The number of hydrogen-bond acceptors (Lipinski definition) is 3. The van der Waals surface area contributed by atoms with E-state index in [1.165, 1.54) is 5.56 Å². The second-order valence-electron chi connectivity index (χ2n) is 4.90. The molecule has 3 nitrogen and oxygen atoms in total. The van der Waals surface area contributed by atoms with Crippen molar-refractivity contribution in [2.24, 2.45) is 0 Å². The number of fused-ring (bicyclic) bond motifs is 1. The second-order valence-corrected chi connectivity index (χ2v) is 4.90. The first kappa shape index (κ1) is 12.7. The van der Waals surface area contributed by atoms with E-state index in [-0.39, 0.29) is 11.8 Å². The molecule has 0 radical (unpaired) electrons. The van der Waals surface area contributed by atoms with Gasteiger partial charge in [-0.2, -0.15) is 0 Å². The van der Waals surface area contributed by atoms with E-state index in [0.717, 1.165) is 17.0 Å². The van der Waals surface area contributed by atoms with Crippen LogP contribution in [0.4, 0.5) is 5.69 Å². The molecule has 0 saturated heterocycles. The molecular formula is C17H17NO2. The maximum Gasteiger partial charge on any atom is 0.162 e. The molecule has 1 unspecified atom stereocenters. The van der Waals surface area contributed by atoms with Crippen LogP contribution in [0.1, 0.15) is 35.3 Å². The van der Waals surface area contributed by atoms with Crippen LogP contribution in [0, 0.1) is 0 Å². The van der Waals surface area contributed by atoms with Crippen molar-refractivity contribution in [2.75, 3.05) is 11.9 Å². The number of rotatable bonds is 4. The smallest absolute Gasteiger partial charge is 0.162 e. The number of para-hydroxylation sites is 1. The van der Waals surface area contributed by atoms with Gasteiger partial charge in [0.25, 0.3) is 0 Å². The van der Waals surface area contributed by atoms with E-state index in [4.69, 9.17) is 4.74 Å². The zero-order chi connectivity index (χ0) is 13.9. The van der Waals surface area contributed by atoms with Crippen LogP contribution < -0.4 is 10.1 Å². The summed E-state index contributed by atoms with van der Waals surface area (Å²) in [5, 5.41) is 3.44. The minimum atomic E-state index is 0.166. The highest BCUT2D eigenvalue weighted by Gasteiger charge is 2.23. The molecule has 1 aliphatic rings. The second kappa shape index (κ2) is 5.37. The van der Waals surface area contributed by atoms with Crippen molar-refractivity contribution in [3.05, 3.63) is 59.7 Å². The molecule has 102 valence electrons. The minimum absolute atomic E-state index is 0.166. The summed E-state index contributed by atoms with van der Waals surface area (Å²) < 4.78 is 5.65. The normalized spacial score (nSPS) is 16.4. The number of hydrogen-bond donors (Lipinski definition) is 1. The van der Waals surface area contributed by atoms with Crippen molar-refractivity contribution >= 4 is 11.5 Å². The SMILES string of the molecule is CCC(=O)c1ccc(NC2COc3ccccc32)cc1. The number of carbonyl (C=O) groups is 1. The lowest BCUT2D eigenvalue weighted by molar-refractivity contribution is 0.0988. The monoisotopic (exact) mass is 267 g/mol. The maximum absolute atomic E-state index is 11.6. The van der Waals surface area contributed by atoms with E-state index in [1.54, 1.807) is 0 Å². The standard InChI is InChI=1S/C17H17NO2/c1-2-16(19)12-7-9-13(10-8-12)18-15-11-20-17-6-4-3-5-14(15)17/h3-10,15,18H,2,11H2,1H3. The highest BCUT2D eigenvalue weighted by atomic mass is 16.5. The molecule has 1 heterocycles. The third kappa shape index (κ3) is 2.39. The number of benzene rings is 2. The average Bonchev–Trinajstić information content (AvgIpc) is 2.91. The van der Waals surface area contributed by atoms with Crippen LogP contribution in [-0.2, 0) is 0 Å². The van der Waals surface area contributed by atoms with Gasteiger partial charge in [-0.15, -0.1) is 0 Å². The molecule has 20 heavy (non-hydrogen) atoms.